The first-order chi connectivity index (χ1) is 18.1. The molecule has 0 radical (unpaired) electrons. The van der Waals surface area contributed by atoms with E-state index in [0.29, 0.717) is 46.0 Å². The second-order valence-corrected chi connectivity index (χ2v) is 10.0. The van der Waals surface area contributed by atoms with Crippen LogP contribution in [0.25, 0.3) is 32.9 Å². The van der Waals surface area contributed by atoms with Crippen molar-refractivity contribution in [2.75, 3.05) is 54.4 Å². The fourth-order valence-corrected chi connectivity index (χ4v) is 4.45. The van der Waals surface area contributed by atoms with E-state index in [1.165, 1.54) is 6.07 Å². The Morgan fingerprint density at radius 1 is 0.789 bits per heavy atom. The van der Waals surface area contributed by atoms with Crippen LogP contribution in [0.2, 0.25) is 0 Å². The van der Waals surface area contributed by atoms with Crippen molar-refractivity contribution in [3.63, 3.8) is 0 Å². The lowest BCUT2D eigenvalue weighted by Crippen LogP contribution is -2.30. The molecule has 0 saturated carbocycles. The molecule has 4 aromatic rings. The molecule has 38 heavy (non-hydrogen) atoms. The number of hydrogen-bond acceptors (Lipinski definition) is 9. The molecule has 4 rings (SSSR count). The van der Waals surface area contributed by atoms with E-state index in [0.717, 1.165) is 31.5 Å². The molecule has 2 amide bonds. The van der Waals surface area contributed by atoms with Gasteiger partial charge in [0, 0.05) is 35.5 Å². The number of carbonyl (C=O) groups excluding carboxylic acids is 2. The minimum Gasteiger partial charge on any atom is -0.453 e. The van der Waals surface area contributed by atoms with Gasteiger partial charge in [0.05, 0.1) is 5.39 Å². The fourth-order valence-electron chi connectivity index (χ4n) is 4.45. The van der Waals surface area contributed by atoms with Crippen molar-refractivity contribution in [3.05, 3.63) is 45.1 Å². The van der Waals surface area contributed by atoms with E-state index < -0.39 is 17.4 Å². The first-order valence-corrected chi connectivity index (χ1v) is 12.6. The first-order valence-electron chi connectivity index (χ1n) is 12.6. The highest BCUT2D eigenvalue weighted by atomic mass is 16.4. The molecule has 0 unspecified atom stereocenters. The van der Waals surface area contributed by atoms with Gasteiger partial charge in [0.25, 0.3) is 11.8 Å². The zero-order valence-electron chi connectivity index (χ0n) is 22.7. The number of fused-ring (bicyclic) bond motifs is 4. The topological polar surface area (TPSA) is 134 Å². The highest BCUT2D eigenvalue weighted by molar-refractivity contribution is 6.21. The molecule has 0 saturated heterocycles. The average molecular weight is 523 g/mol. The van der Waals surface area contributed by atoms with Gasteiger partial charge in [-0.05, 0) is 79.6 Å². The molecule has 3 heterocycles. The van der Waals surface area contributed by atoms with Crippen LogP contribution in [0.3, 0.4) is 0 Å². The van der Waals surface area contributed by atoms with E-state index >= 15 is 0 Å². The number of furan rings is 1. The second kappa shape index (κ2) is 11.3. The Bertz CT molecular complexity index is 1570. The molecular weight excluding hydrogens is 488 g/mol. The molecule has 0 aliphatic heterocycles. The quantitative estimate of drug-likeness (QED) is 0.238. The van der Waals surface area contributed by atoms with Crippen molar-refractivity contribution < 1.29 is 18.4 Å². The summed E-state index contributed by atoms with van der Waals surface area (Å²) in [4.78, 5) is 42.5. The minimum absolute atomic E-state index is 0.00755. The SMILES string of the molecule is Cc1cc(=O)oc2c(C)c3oc4c(C(=O)NCCCN(C)C)nnc(C(=O)NCCCN(C)C)c4c3cc12. The third kappa shape index (κ3) is 5.53. The summed E-state index contributed by atoms with van der Waals surface area (Å²) >= 11 is 0. The molecule has 0 aliphatic rings. The van der Waals surface area contributed by atoms with Crippen LogP contribution in [0.4, 0.5) is 0 Å². The number of benzene rings is 1. The van der Waals surface area contributed by atoms with E-state index in [1.54, 1.807) is 6.92 Å². The summed E-state index contributed by atoms with van der Waals surface area (Å²) in [5, 5.41) is 15.8. The summed E-state index contributed by atoms with van der Waals surface area (Å²) in [6.45, 7) is 6.13. The molecule has 0 fully saturated rings. The molecule has 0 atom stereocenters. The Labute approximate surface area is 220 Å². The largest absolute Gasteiger partial charge is 0.453 e. The summed E-state index contributed by atoms with van der Waals surface area (Å²) in [6, 6.07) is 3.23. The number of rotatable bonds is 10. The highest BCUT2D eigenvalue weighted by Gasteiger charge is 2.27. The summed E-state index contributed by atoms with van der Waals surface area (Å²) in [5.41, 5.74) is 1.87. The predicted molar refractivity (Wildman–Crippen MR) is 146 cm³/mol. The van der Waals surface area contributed by atoms with Crippen molar-refractivity contribution in [3.8, 4) is 0 Å². The average Bonchev–Trinajstić information content (AvgIpc) is 3.24. The van der Waals surface area contributed by atoms with Crippen LogP contribution in [0.5, 0.6) is 0 Å². The normalized spacial score (nSPS) is 11.8. The Balaban J connectivity index is 1.84. The second-order valence-electron chi connectivity index (χ2n) is 10.0. The van der Waals surface area contributed by atoms with Crippen LogP contribution in [0.15, 0.2) is 25.8 Å². The number of aromatic nitrogens is 2. The smallest absolute Gasteiger partial charge is 0.336 e. The van der Waals surface area contributed by atoms with Gasteiger partial charge in [0.15, 0.2) is 17.0 Å². The van der Waals surface area contributed by atoms with Gasteiger partial charge < -0.3 is 29.3 Å². The molecule has 0 spiro atoms. The van der Waals surface area contributed by atoms with Crippen LogP contribution < -0.4 is 16.3 Å². The number of amides is 2. The van der Waals surface area contributed by atoms with Crippen molar-refractivity contribution in [2.45, 2.75) is 26.7 Å². The fraction of sp³-hybridized carbons (Fsp3) is 0.444. The molecule has 0 bridgehead atoms. The lowest BCUT2D eigenvalue weighted by molar-refractivity contribution is 0.0932. The Kier molecular flexibility index (Phi) is 8.08. The number of nitrogens with one attached hydrogen (secondary N) is 2. The van der Waals surface area contributed by atoms with Crippen molar-refractivity contribution >= 4 is 44.7 Å². The highest BCUT2D eigenvalue weighted by Crippen LogP contribution is 2.37. The molecule has 11 nitrogen and oxygen atoms in total. The van der Waals surface area contributed by atoms with Gasteiger partial charge in [0.2, 0.25) is 0 Å². The summed E-state index contributed by atoms with van der Waals surface area (Å²) < 4.78 is 11.7. The van der Waals surface area contributed by atoms with Crippen LogP contribution in [-0.2, 0) is 0 Å². The number of aryl methyl sites for hydroxylation is 2. The lowest BCUT2D eigenvalue weighted by atomic mass is 10.0. The summed E-state index contributed by atoms with van der Waals surface area (Å²) in [5.74, 6) is -0.848. The molecular formula is C27H34N6O5. The lowest BCUT2D eigenvalue weighted by Gasteiger charge is -2.11. The predicted octanol–water partition coefficient (Wildman–Crippen LogP) is 2.46. The van der Waals surface area contributed by atoms with Crippen molar-refractivity contribution in [1.29, 1.82) is 0 Å². The maximum atomic E-state index is 13.2. The van der Waals surface area contributed by atoms with Crippen molar-refractivity contribution in [1.82, 2.24) is 30.6 Å². The van der Waals surface area contributed by atoms with Gasteiger partial charge in [0.1, 0.15) is 11.2 Å². The van der Waals surface area contributed by atoms with E-state index in [2.05, 4.69) is 20.8 Å². The van der Waals surface area contributed by atoms with E-state index in [-0.39, 0.29) is 17.0 Å². The molecule has 11 heteroatoms. The zero-order chi connectivity index (χ0) is 27.6. The van der Waals surface area contributed by atoms with Gasteiger partial charge >= 0.3 is 5.63 Å². The molecule has 3 aromatic heterocycles. The molecule has 202 valence electrons. The molecule has 2 N–H and O–H groups in total. The Hall–Kier alpha value is -3.83. The minimum atomic E-state index is -0.465. The van der Waals surface area contributed by atoms with Crippen LogP contribution in [0, 0.1) is 13.8 Å². The van der Waals surface area contributed by atoms with Gasteiger partial charge in [-0.3, -0.25) is 9.59 Å². The Morgan fingerprint density at radius 2 is 1.34 bits per heavy atom. The Morgan fingerprint density at radius 3 is 1.95 bits per heavy atom. The third-order valence-electron chi connectivity index (χ3n) is 6.39. The third-order valence-corrected chi connectivity index (χ3v) is 6.39. The first kappa shape index (κ1) is 27.2. The zero-order valence-corrected chi connectivity index (χ0v) is 22.7. The maximum absolute atomic E-state index is 13.2. The van der Waals surface area contributed by atoms with Gasteiger partial charge in [-0.1, -0.05) is 0 Å². The summed E-state index contributed by atoms with van der Waals surface area (Å²) in [6.07, 6.45) is 1.52. The van der Waals surface area contributed by atoms with Gasteiger partial charge in [-0.2, -0.15) is 0 Å². The monoisotopic (exact) mass is 522 g/mol. The maximum Gasteiger partial charge on any atom is 0.336 e. The molecule has 0 aliphatic carbocycles. The van der Waals surface area contributed by atoms with Gasteiger partial charge in [-0.15, -0.1) is 10.2 Å². The van der Waals surface area contributed by atoms with E-state index in [4.69, 9.17) is 8.83 Å². The number of carbonyl (C=O) groups is 2. The van der Waals surface area contributed by atoms with Crippen LogP contribution in [-0.4, -0.2) is 86.2 Å². The van der Waals surface area contributed by atoms with Crippen LogP contribution >= 0.6 is 0 Å². The number of nitrogens with zero attached hydrogens (tertiary/aromatic N) is 4. The van der Waals surface area contributed by atoms with Crippen molar-refractivity contribution in [2.24, 2.45) is 0 Å². The van der Waals surface area contributed by atoms with E-state index in [9.17, 15) is 14.4 Å². The number of hydrogen-bond donors (Lipinski definition) is 2. The van der Waals surface area contributed by atoms with E-state index in [1.807, 2.05) is 51.0 Å². The van der Waals surface area contributed by atoms with Crippen LogP contribution in [0.1, 0.15) is 44.9 Å². The molecule has 1 aromatic carbocycles. The standard InChI is InChI=1S/C27H34N6O5/c1-15-13-19(34)37-23-16(2)24-18(14-17(15)23)20-21(26(35)28-9-7-11-32(3)4)30-31-22(25(20)38-24)27(36)29-10-8-12-33(5)6/h13-14H,7-12H2,1-6H3,(H,28,35)(H,29,36). The van der Waals surface area contributed by atoms with Gasteiger partial charge in [-0.25, -0.2) is 4.79 Å². The summed E-state index contributed by atoms with van der Waals surface area (Å²) in [7, 11) is 7.86.